The summed E-state index contributed by atoms with van der Waals surface area (Å²) < 4.78 is 16.7. The highest BCUT2D eigenvalue weighted by Crippen LogP contribution is 2.47. The third-order valence-corrected chi connectivity index (χ3v) is 6.11. The fourth-order valence-corrected chi connectivity index (χ4v) is 4.07. The van der Waals surface area contributed by atoms with Gasteiger partial charge in [-0.2, -0.15) is 0 Å². The summed E-state index contributed by atoms with van der Waals surface area (Å²) in [7, 11) is -0.520. The first kappa shape index (κ1) is 9.71. The average molecular weight is 209 g/mol. The molecule has 0 bridgehead atoms. The topological polar surface area (TPSA) is 29.4 Å². The molecule has 2 rings (SSSR count). The van der Waals surface area contributed by atoms with Crippen molar-refractivity contribution < 1.29 is 4.21 Å². The zero-order valence-electron chi connectivity index (χ0n) is 8.56. The predicted molar refractivity (Wildman–Crippen MR) is 58.8 cm³/mol. The molecule has 0 aliphatic heterocycles. The summed E-state index contributed by atoms with van der Waals surface area (Å²) in [5, 5.41) is 0. The maximum atomic E-state index is 12.7. The van der Waals surface area contributed by atoms with Gasteiger partial charge in [0.05, 0.1) is 14.5 Å². The molecule has 0 amide bonds. The Kier molecular flexibility index (Phi) is 2.14. The number of hydrogen-bond acceptors (Lipinski definition) is 2. The average Bonchev–Trinajstić information content (AvgIpc) is 2.98. The molecule has 1 unspecified atom stereocenters. The van der Waals surface area contributed by atoms with E-state index in [1.807, 2.05) is 30.3 Å². The van der Waals surface area contributed by atoms with E-state index in [9.17, 15) is 4.21 Å². The first-order valence-corrected chi connectivity index (χ1v) is 6.34. The van der Waals surface area contributed by atoms with Gasteiger partial charge >= 0.3 is 0 Å². The molecule has 0 radical (unpaired) electrons. The lowest BCUT2D eigenvalue weighted by molar-refractivity contribution is 0.664. The van der Waals surface area contributed by atoms with Gasteiger partial charge in [-0.15, -0.1) is 0 Å². The molecule has 0 N–H and O–H groups in total. The molecular formula is C11H15NOS. The highest BCUT2D eigenvalue weighted by Gasteiger charge is 2.48. The van der Waals surface area contributed by atoms with Crippen molar-refractivity contribution in [3.8, 4) is 0 Å². The third kappa shape index (κ3) is 1.27. The number of rotatable bonds is 2. The van der Waals surface area contributed by atoms with Crippen LogP contribution in [0.15, 0.2) is 39.6 Å². The van der Waals surface area contributed by atoms with Crippen LogP contribution in [0.5, 0.6) is 0 Å². The lowest BCUT2D eigenvalue weighted by Crippen LogP contribution is -2.18. The molecule has 0 heterocycles. The van der Waals surface area contributed by atoms with Gasteiger partial charge in [0.25, 0.3) is 0 Å². The van der Waals surface area contributed by atoms with E-state index in [-0.39, 0.29) is 4.75 Å². The van der Waals surface area contributed by atoms with Crippen LogP contribution in [-0.4, -0.2) is 16.0 Å². The zero-order chi connectivity index (χ0) is 10.2. The highest BCUT2D eigenvalue weighted by atomic mass is 32.2. The van der Waals surface area contributed by atoms with Gasteiger partial charge < -0.3 is 0 Å². The van der Waals surface area contributed by atoms with Crippen molar-refractivity contribution in [2.75, 3.05) is 7.05 Å². The van der Waals surface area contributed by atoms with Crippen LogP contribution in [0, 0.1) is 0 Å². The first-order chi connectivity index (χ1) is 6.62. The molecule has 2 nitrogen and oxygen atoms in total. The van der Waals surface area contributed by atoms with Gasteiger partial charge in [0.1, 0.15) is 0 Å². The maximum Gasteiger partial charge on any atom is 0.0804 e. The normalized spacial score (nSPS) is 22.4. The lowest BCUT2D eigenvalue weighted by Gasteiger charge is -2.15. The van der Waals surface area contributed by atoms with Crippen molar-refractivity contribution in [3.63, 3.8) is 0 Å². The molecule has 3 heteroatoms. The third-order valence-electron chi connectivity index (χ3n) is 2.94. The highest BCUT2D eigenvalue weighted by molar-refractivity contribution is 7.95. The van der Waals surface area contributed by atoms with Gasteiger partial charge in [0.15, 0.2) is 0 Å². The number of nitrogens with zero attached hydrogens (tertiary/aromatic N) is 1. The Bertz CT molecular complexity index is 440. The van der Waals surface area contributed by atoms with Crippen molar-refractivity contribution in [2.45, 2.75) is 29.4 Å². The Labute approximate surface area is 85.5 Å². The molecule has 1 aliphatic rings. The minimum absolute atomic E-state index is 0.0803. The minimum Gasteiger partial charge on any atom is -0.244 e. The SMILES string of the molecule is CN=S(=O)(c1ccccc1)C1(C)CC1. The van der Waals surface area contributed by atoms with E-state index in [1.54, 1.807) is 7.05 Å². The van der Waals surface area contributed by atoms with E-state index >= 15 is 0 Å². The minimum atomic E-state index is -2.19. The molecule has 1 aromatic carbocycles. The Morgan fingerprint density at radius 2 is 1.86 bits per heavy atom. The molecule has 1 aromatic rings. The van der Waals surface area contributed by atoms with Gasteiger partial charge in [-0.25, -0.2) is 8.57 Å². The summed E-state index contributed by atoms with van der Waals surface area (Å²) in [6.45, 7) is 2.06. The molecule has 1 aliphatic carbocycles. The van der Waals surface area contributed by atoms with Crippen molar-refractivity contribution in [2.24, 2.45) is 4.36 Å². The molecule has 76 valence electrons. The fraction of sp³-hybridized carbons (Fsp3) is 0.455. The Morgan fingerprint density at radius 3 is 2.29 bits per heavy atom. The first-order valence-electron chi connectivity index (χ1n) is 4.82. The van der Waals surface area contributed by atoms with Gasteiger partial charge in [-0.05, 0) is 31.9 Å². The Hall–Kier alpha value is -0.830. The Balaban J connectivity index is 2.56. The molecule has 1 fully saturated rings. The van der Waals surface area contributed by atoms with Crippen LogP contribution in [-0.2, 0) is 9.73 Å². The molecule has 0 saturated heterocycles. The smallest absolute Gasteiger partial charge is 0.0804 e. The molecule has 0 aromatic heterocycles. The van der Waals surface area contributed by atoms with E-state index in [0.717, 1.165) is 17.7 Å². The van der Waals surface area contributed by atoms with E-state index < -0.39 is 9.73 Å². The van der Waals surface area contributed by atoms with E-state index in [1.165, 1.54) is 0 Å². The molecular weight excluding hydrogens is 194 g/mol. The van der Waals surface area contributed by atoms with Crippen LogP contribution in [0.1, 0.15) is 19.8 Å². The summed E-state index contributed by atoms with van der Waals surface area (Å²) in [4.78, 5) is 0.877. The van der Waals surface area contributed by atoms with Crippen LogP contribution in [0.4, 0.5) is 0 Å². The van der Waals surface area contributed by atoms with Crippen LogP contribution in [0.3, 0.4) is 0 Å². The van der Waals surface area contributed by atoms with Gasteiger partial charge in [0, 0.05) is 11.9 Å². The summed E-state index contributed by atoms with van der Waals surface area (Å²) in [6.07, 6.45) is 2.05. The van der Waals surface area contributed by atoms with Crippen molar-refractivity contribution in [3.05, 3.63) is 30.3 Å². The van der Waals surface area contributed by atoms with E-state index in [4.69, 9.17) is 0 Å². The van der Waals surface area contributed by atoms with Gasteiger partial charge in [-0.3, -0.25) is 0 Å². The monoisotopic (exact) mass is 209 g/mol. The second-order valence-corrected chi connectivity index (χ2v) is 6.85. The van der Waals surface area contributed by atoms with E-state index in [0.29, 0.717) is 0 Å². The number of benzene rings is 1. The van der Waals surface area contributed by atoms with Crippen LogP contribution in [0.2, 0.25) is 0 Å². The molecule has 0 spiro atoms. The molecule has 1 atom stereocenters. The second kappa shape index (κ2) is 3.09. The Morgan fingerprint density at radius 1 is 1.29 bits per heavy atom. The predicted octanol–water partition coefficient (Wildman–Crippen LogP) is 2.70. The van der Waals surface area contributed by atoms with Gasteiger partial charge in [-0.1, -0.05) is 18.2 Å². The van der Waals surface area contributed by atoms with Crippen molar-refractivity contribution in [1.82, 2.24) is 0 Å². The second-order valence-electron chi connectivity index (χ2n) is 3.97. The van der Waals surface area contributed by atoms with Crippen molar-refractivity contribution >= 4 is 9.73 Å². The van der Waals surface area contributed by atoms with Gasteiger partial charge in [0.2, 0.25) is 0 Å². The van der Waals surface area contributed by atoms with Crippen molar-refractivity contribution in [1.29, 1.82) is 0 Å². The summed E-state index contributed by atoms with van der Waals surface area (Å²) in [5.74, 6) is 0. The summed E-state index contributed by atoms with van der Waals surface area (Å²) in [5.41, 5.74) is 0. The van der Waals surface area contributed by atoms with Crippen LogP contribution < -0.4 is 0 Å². The molecule has 1 saturated carbocycles. The maximum absolute atomic E-state index is 12.7. The lowest BCUT2D eigenvalue weighted by atomic mass is 10.4. The zero-order valence-corrected chi connectivity index (χ0v) is 9.38. The quantitative estimate of drug-likeness (QED) is 0.736. The molecule has 14 heavy (non-hydrogen) atoms. The summed E-state index contributed by atoms with van der Waals surface area (Å²) in [6, 6.07) is 9.61. The fourth-order valence-electron chi connectivity index (χ4n) is 1.67. The standard InChI is InChI=1S/C11H15NOS/c1-11(8-9-11)14(13,12-2)10-6-4-3-5-7-10/h3-7H,8-9H2,1-2H3. The largest absolute Gasteiger partial charge is 0.244 e. The number of hydrogen-bond donors (Lipinski definition) is 0. The van der Waals surface area contributed by atoms with E-state index in [2.05, 4.69) is 11.3 Å². The van der Waals surface area contributed by atoms with Crippen LogP contribution >= 0.6 is 0 Å². The van der Waals surface area contributed by atoms with Crippen LogP contribution in [0.25, 0.3) is 0 Å². The summed E-state index contributed by atoms with van der Waals surface area (Å²) >= 11 is 0.